The van der Waals surface area contributed by atoms with E-state index in [0.717, 1.165) is 0 Å². The molecule has 0 aliphatic heterocycles. The van der Waals surface area contributed by atoms with Gasteiger partial charge in [0, 0.05) is 7.05 Å². The first-order valence-corrected chi connectivity index (χ1v) is 5.52. The van der Waals surface area contributed by atoms with Crippen LogP contribution in [0.1, 0.15) is 0 Å². The van der Waals surface area contributed by atoms with E-state index in [2.05, 4.69) is 9.05 Å². The SMILES string of the molecule is CNC(=O)OP(=O)(O)Oc1ccccc1. The molecule has 0 saturated carbocycles. The minimum atomic E-state index is -4.40. The highest BCUT2D eigenvalue weighted by Crippen LogP contribution is 2.43. The molecule has 1 unspecified atom stereocenters. The molecule has 2 N–H and O–H groups in total. The molecule has 0 radical (unpaired) electrons. The van der Waals surface area contributed by atoms with Crippen LogP contribution in [-0.4, -0.2) is 18.0 Å². The molecule has 1 atom stereocenters. The highest BCUT2D eigenvalue weighted by Gasteiger charge is 2.27. The van der Waals surface area contributed by atoms with Crippen LogP contribution in [0.15, 0.2) is 30.3 Å². The van der Waals surface area contributed by atoms with Crippen LogP contribution in [0.4, 0.5) is 4.79 Å². The Morgan fingerprint density at radius 3 is 2.53 bits per heavy atom. The van der Waals surface area contributed by atoms with Gasteiger partial charge >= 0.3 is 13.9 Å². The van der Waals surface area contributed by atoms with E-state index < -0.39 is 13.9 Å². The number of amides is 1. The lowest BCUT2D eigenvalue weighted by molar-refractivity contribution is 0.180. The molecular weight excluding hydrogens is 221 g/mol. The minimum Gasteiger partial charge on any atom is -0.395 e. The van der Waals surface area contributed by atoms with Gasteiger partial charge in [-0.2, -0.15) is 0 Å². The van der Waals surface area contributed by atoms with Gasteiger partial charge < -0.3 is 14.4 Å². The van der Waals surface area contributed by atoms with Crippen molar-refractivity contribution in [3.8, 4) is 5.75 Å². The van der Waals surface area contributed by atoms with Crippen molar-refractivity contribution in [3.05, 3.63) is 30.3 Å². The van der Waals surface area contributed by atoms with Crippen molar-refractivity contribution in [3.63, 3.8) is 0 Å². The zero-order chi connectivity index (χ0) is 11.3. The maximum absolute atomic E-state index is 11.2. The van der Waals surface area contributed by atoms with E-state index in [0.29, 0.717) is 0 Å². The molecule has 0 fully saturated rings. The van der Waals surface area contributed by atoms with Gasteiger partial charge in [-0.25, -0.2) is 9.36 Å². The zero-order valence-corrected chi connectivity index (χ0v) is 8.81. The molecule has 0 spiro atoms. The summed E-state index contributed by atoms with van der Waals surface area (Å²) in [7, 11) is -3.13. The fraction of sp³-hybridized carbons (Fsp3) is 0.125. The van der Waals surface area contributed by atoms with Gasteiger partial charge in [-0.3, -0.25) is 4.89 Å². The fourth-order valence-electron chi connectivity index (χ4n) is 0.784. The molecule has 0 aliphatic carbocycles. The number of para-hydroxylation sites is 1. The molecule has 1 rings (SSSR count). The second kappa shape index (κ2) is 4.82. The first-order chi connectivity index (χ1) is 7.03. The summed E-state index contributed by atoms with van der Waals surface area (Å²) < 4.78 is 19.9. The summed E-state index contributed by atoms with van der Waals surface area (Å²) in [6, 6.07) is 7.89. The van der Waals surface area contributed by atoms with Crippen LogP contribution in [0, 0.1) is 0 Å². The van der Waals surface area contributed by atoms with Crippen molar-refractivity contribution in [2.24, 2.45) is 0 Å². The highest BCUT2D eigenvalue weighted by atomic mass is 31.2. The number of rotatable bonds is 3. The molecule has 1 aromatic carbocycles. The van der Waals surface area contributed by atoms with E-state index in [1.165, 1.54) is 19.2 Å². The third kappa shape index (κ3) is 4.01. The molecule has 82 valence electrons. The van der Waals surface area contributed by atoms with Crippen LogP contribution >= 0.6 is 7.82 Å². The quantitative estimate of drug-likeness (QED) is 0.770. The normalized spacial score (nSPS) is 13.7. The monoisotopic (exact) mass is 231 g/mol. The van der Waals surface area contributed by atoms with Gasteiger partial charge in [0.2, 0.25) is 0 Å². The second-order valence-electron chi connectivity index (χ2n) is 2.50. The topological polar surface area (TPSA) is 84.9 Å². The number of nitrogens with one attached hydrogen (secondary N) is 1. The summed E-state index contributed by atoms with van der Waals surface area (Å²) in [4.78, 5) is 19.8. The van der Waals surface area contributed by atoms with Gasteiger partial charge in [0.05, 0.1) is 0 Å². The smallest absolute Gasteiger partial charge is 0.395 e. The molecule has 7 heteroatoms. The summed E-state index contributed by atoms with van der Waals surface area (Å²) >= 11 is 0. The first-order valence-electron chi connectivity index (χ1n) is 4.02. The van der Waals surface area contributed by atoms with Gasteiger partial charge in [-0.1, -0.05) is 18.2 Å². The van der Waals surface area contributed by atoms with Gasteiger partial charge in [0.25, 0.3) is 0 Å². The Kier molecular flexibility index (Phi) is 3.71. The predicted molar refractivity (Wildman–Crippen MR) is 52.4 cm³/mol. The van der Waals surface area contributed by atoms with E-state index >= 15 is 0 Å². The van der Waals surface area contributed by atoms with Crippen molar-refractivity contribution in [1.82, 2.24) is 5.32 Å². The number of hydrogen-bond acceptors (Lipinski definition) is 4. The number of hydrogen-bond donors (Lipinski definition) is 2. The summed E-state index contributed by atoms with van der Waals surface area (Å²) in [5, 5.41) is 2.03. The van der Waals surface area contributed by atoms with Crippen LogP contribution in [-0.2, 0) is 9.09 Å². The lowest BCUT2D eigenvalue weighted by atomic mass is 10.3. The lowest BCUT2D eigenvalue weighted by Gasteiger charge is -2.11. The molecule has 1 aromatic rings. The van der Waals surface area contributed by atoms with Crippen molar-refractivity contribution in [2.75, 3.05) is 7.05 Å². The summed E-state index contributed by atoms with van der Waals surface area (Å²) in [6.45, 7) is 0. The molecule has 1 amide bonds. The predicted octanol–water partition coefficient (Wildman–Crippen LogP) is 1.52. The average molecular weight is 231 g/mol. The zero-order valence-electron chi connectivity index (χ0n) is 7.91. The fourth-order valence-corrected chi connectivity index (χ4v) is 1.51. The van der Waals surface area contributed by atoms with Crippen molar-refractivity contribution in [1.29, 1.82) is 0 Å². The van der Waals surface area contributed by atoms with Crippen molar-refractivity contribution in [2.45, 2.75) is 0 Å². The van der Waals surface area contributed by atoms with Gasteiger partial charge in [0.15, 0.2) is 0 Å². The number of benzene rings is 1. The number of phosphoric acid groups is 1. The van der Waals surface area contributed by atoms with Crippen LogP contribution in [0.3, 0.4) is 0 Å². The molecular formula is C8H10NO5P. The molecule has 0 aliphatic rings. The number of phosphoric ester groups is 1. The largest absolute Gasteiger partial charge is 0.588 e. The summed E-state index contributed by atoms with van der Waals surface area (Å²) in [5.41, 5.74) is 0. The standard InChI is InChI=1S/C8H10NO5P/c1-9-8(10)14-15(11,12)13-7-5-3-2-4-6-7/h2-6H,1H3,(H,9,10)(H,11,12). The molecule has 15 heavy (non-hydrogen) atoms. The molecule has 0 aromatic heterocycles. The van der Waals surface area contributed by atoms with Crippen molar-refractivity contribution >= 4 is 13.9 Å². The lowest BCUT2D eigenvalue weighted by Crippen LogP contribution is -2.18. The Labute approximate surface area is 86.4 Å². The van der Waals surface area contributed by atoms with Gasteiger partial charge in [-0.05, 0) is 12.1 Å². The maximum Gasteiger partial charge on any atom is 0.588 e. The van der Waals surface area contributed by atoms with E-state index in [1.54, 1.807) is 18.2 Å². The summed E-state index contributed by atoms with van der Waals surface area (Å²) in [5.74, 6) is 0.146. The van der Waals surface area contributed by atoms with Crippen LogP contribution in [0.5, 0.6) is 5.75 Å². The Hall–Kier alpha value is -1.52. The van der Waals surface area contributed by atoms with Gasteiger partial charge in [-0.15, -0.1) is 0 Å². The third-order valence-corrected chi connectivity index (χ3v) is 2.20. The second-order valence-corrected chi connectivity index (χ2v) is 3.80. The average Bonchev–Trinajstić information content (AvgIpc) is 2.17. The van der Waals surface area contributed by atoms with Crippen molar-refractivity contribution < 1.29 is 23.3 Å². The number of carbonyl (C=O) groups is 1. The van der Waals surface area contributed by atoms with Gasteiger partial charge in [0.1, 0.15) is 5.75 Å². The molecule has 6 nitrogen and oxygen atoms in total. The Balaban J connectivity index is 2.65. The number of carbonyl (C=O) groups excluding carboxylic acids is 1. The first kappa shape index (κ1) is 11.6. The Morgan fingerprint density at radius 1 is 1.40 bits per heavy atom. The third-order valence-electron chi connectivity index (χ3n) is 1.37. The van der Waals surface area contributed by atoms with E-state index in [1.807, 2.05) is 5.32 Å². The van der Waals surface area contributed by atoms with E-state index in [-0.39, 0.29) is 5.75 Å². The molecule has 0 bridgehead atoms. The molecule has 0 heterocycles. The Bertz CT molecular complexity index is 380. The van der Waals surface area contributed by atoms with Crippen LogP contribution < -0.4 is 9.84 Å². The minimum absolute atomic E-state index is 0.146. The molecule has 0 saturated heterocycles. The highest BCUT2D eigenvalue weighted by molar-refractivity contribution is 7.48. The van der Waals surface area contributed by atoms with Crippen LogP contribution in [0.2, 0.25) is 0 Å². The summed E-state index contributed by atoms with van der Waals surface area (Å²) in [6.07, 6.45) is -1.03. The maximum atomic E-state index is 11.2. The van der Waals surface area contributed by atoms with Crippen LogP contribution in [0.25, 0.3) is 0 Å². The Morgan fingerprint density at radius 2 is 2.00 bits per heavy atom. The van der Waals surface area contributed by atoms with E-state index in [4.69, 9.17) is 4.89 Å². The van der Waals surface area contributed by atoms with E-state index in [9.17, 15) is 9.36 Å².